The average molecular weight is 355 g/mol. The summed E-state index contributed by atoms with van der Waals surface area (Å²) in [7, 11) is 1.56. The summed E-state index contributed by atoms with van der Waals surface area (Å²) in [6.45, 7) is 2.15. The summed E-state index contributed by atoms with van der Waals surface area (Å²) in [5.41, 5.74) is 2.92. The molecule has 138 valence electrons. The van der Waals surface area contributed by atoms with Crippen molar-refractivity contribution in [2.45, 2.75) is 26.2 Å². The van der Waals surface area contributed by atoms with Crippen molar-refractivity contribution in [2.75, 3.05) is 13.7 Å². The van der Waals surface area contributed by atoms with Crippen molar-refractivity contribution in [1.82, 2.24) is 5.32 Å². The molecule has 1 amide bonds. The van der Waals surface area contributed by atoms with E-state index < -0.39 is 11.9 Å². The number of amides is 1. The minimum absolute atomic E-state index is 0.0830. The highest BCUT2D eigenvalue weighted by atomic mass is 16.5. The van der Waals surface area contributed by atoms with E-state index in [1.807, 2.05) is 42.5 Å². The minimum Gasteiger partial charge on any atom is -0.496 e. The standard InChI is InChI=1S/C21H25NO4/c1-3-15-7-6-8-16(11-15)12-20(23)22-14-18(21(24)25)13-17-9-4-5-10-19(17)26-2/h4-11,18H,3,12-14H2,1-2H3,(H,22,23)(H,24,25). The topological polar surface area (TPSA) is 75.6 Å². The number of ether oxygens (including phenoxy) is 1. The van der Waals surface area contributed by atoms with Crippen LogP contribution in [0.15, 0.2) is 48.5 Å². The second-order valence-electron chi connectivity index (χ2n) is 6.21. The maximum Gasteiger partial charge on any atom is 0.308 e. The minimum atomic E-state index is -0.941. The van der Waals surface area contributed by atoms with E-state index in [9.17, 15) is 14.7 Å². The third kappa shape index (κ3) is 5.62. The number of aryl methyl sites for hydroxylation is 1. The highest BCUT2D eigenvalue weighted by Crippen LogP contribution is 2.21. The molecule has 2 aromatic carbocycles. The van der Waals surface area contributed by atoms with Crippen LogP contribution >= 0.6 is 0 Å². The molecule has 0 heterocycles. The van der Waals surface area contributed by atoms with Crippen LogP contribution in [-0.2, 0) is 28.9 Å². The van der Waals surface area contributed by atoms with Crippen LogP contribution in [0.5, 0.6) is 5.75 Å². The first-order valence-electron chi connectivity index (χ1n) is 8.72. The number of carbonyl (C=O) groups excluding carboxylic acids is 1. The molecule has 0 saturated heterocycles. The molecule has 2 N–H and O–H groups in total. The Labute approximate surface area is 154 Å². The highest BCUT2D eigenvalue weighted by Gasteiger charge is 2.20. The van der Waals surface area contributed by atoms with Gasteiger partial charge in [0.15, 0.2) is 0 Å². The Kier molecular flexibility index (Phi) is 7.21. The Bertz CT molecular complexity index is 757. The summed E-state index contributed by atoms with van der Waals surface area (Å²) in [5, 5.41) is 12.2. The molecule has 1 unspecified atom stereocenters. The number of benzene rings is 2. The number of methoxy groups -OCH3 is 1. The van der Waals surface area contributed by atoms with Crippen molar-refractivity contribution in [2.24, 2.45) is 5.92 Å². The van der Waals surface area contributed by atoms with Crippen molar-refractivity contribution in [3.63, 3.8) is 0 Å². The van der Waals surface area contributed by atoms with Crippen molar-refractivity contribution in [3.05, 3.63) is 65.2 Å². The first-order valence-corrected chi connectivity index (χ1v) is 8.72. The molecule has 2 rings (SSSR count). The van der Waals surface area contributed by atoms with Gasteiger partial charge in [-0.2, -0.15) is 0 Å². The van der Waals surface area contributed by atoms with Crippen molar-refractivity contribution in [3.8, 4) is 5.75 Å². The number of carbonyl (C=O) groups is 2. The molecule has 0 bridgehead atoms. The molecule has 0 aliphatic carbocycles. The highest BCUT2D eigenvalue weighted by molar-refractivity contribution is 5.79. The summed E-state index contributed by atoms with van der Waals surface area (Å²) in [6, 6.07) is 15.2. The Morgan fingerprint density at radius 1 is 1.12 bits per heavy atom. The third-order valence-corrected chi connectivity index (χ3v) is 4.32. The summed E-state index contributed by atoms with van der Waals surface area (Å²) >= 11 is 0. The van der Waals surface area contributed by atoms with Crippen LogP contribution in [0.2, 0.25) is 0 Å². The van der Waals surface area contributed by atoms with Crippen LogP contribution in [-0.4, -0.2) is 30.6 Å². The smallest absolute Gasteiger partial charge is 0.308 e. The molecule has 0 fully saturated rings. The fourth-order valence-electron chi connectivity index (χ4n) is 2.83. The van der Waals surface area contributed by atoms with Gasteiger partial charge in [-0.05, 0) is 35.6 Å². The lowest BCUT2D eigenvalue weighted by Crippen LogP contribution is -2.35. The molecule has 0 spiro atoms. The molecular formula is C21H25NO4. The molecule has 26 heavy (non-hydrogen) atoms. The van der Waals surface area contributed by atoms with E-state index in [-0.39, 0.29) is 18.9 Å². The van der Waals surface area contributed by atoms with E-state index in [1.165, 1.54) is 5.56 Å². The predicted molar refractivity (Wildman–Crippen MR) is 100 cm³/mol. The van der Waals surface area contributed by atoms with Crippen LogP contribution in [0.3, 0.4) is 0 Å². The summed E-state index contributed by atoms with van der Waals surface area (Å²) in [5.74, 6) is -1.17. The largest absolute Gasteiger partial charge is 0.496 e. The summed E-state index contributed by atoms with van der Waals surface area (Å²) in [6.07, 6.45) is 1.45. The molecule has 2 aromatic rings. The van der Waals surface area contributed by atoms with Crippen molar-refractivity contribution >= 4 is 11.9 Å². The molecule has 0 saturated carbocycles. The Hall–Kier alpha value is -2.82. The molecule has 0 aliphatic heterocycles. The number of carboxylic acid groups (broad SMARTS) is 1. The first kappa shape index (κ1) is 19.5. The molecular weight excluding hydrogens is 330 g/mol. The quantitative estimate of drug-likeness (QED) is 0.725. The van der Waals surface area contributed by atoms with Crippen LogP contribution in [0.1, 0.15) is 23.6 Å². The first-order chi connectivity index (χ1) is 12.5. The van der Waals surface area contributed by atoms with Crippen molar-refractivity contribution < 1.29 is 19.4 Å². The van der Waals surface area contributed by atoms with Gasteiger partial charge in [-0.25, -0.2) is 0 Å². The van der Waals surface area contributed by atoms with Crippen molar-refractivity contribution in [1.29, 1.82) is 0 Å². The zero-order chi connectivity index (χ0) is 18.9. The van der Waals surface area contributed by atoms with E-state index in [1.54, 1.807) is 13.2 Å². The molecule has 0 aromatic heterocycles. The monoisotopic (exact) mass is 355 g/mol. The zero-order valence-corrected chi connectivity index (χ0v) is 15.2. The fraction of sp³-hybridized carbons (Fsp3) is 0.333. The average Bonchev–Trinajstić information content (AvgIpc) is 2.65. The molecule has 1 atom stereocenters. The Morgan fingerprint density at radius 3 is 2.54 bits per heavy atom. The lowest BCUT2D eigenvalue weighted by atomic mass is 9.98. The lowest BCUT2D eigenvalue weighted by molar-refractivity contribution is -0.141. The fourth-order valence-corrected chi connectivity index (χ4v) is 2.83. The number of hydrogen-bond acceptors (Lipinski definition) is 3. The Morgan fingerprint density at radius 2 is 1.85 bits per heavy atom. The molecule has 5 nitrogen and oxygen atoms in total. The van der Waals surface area contributed by atoms with Gasteiger partial charge in [0.25, 0.3) is 0 Å². The van der Waals surface area contributed by atoms with Crippen LogP contribution in [0, 0.1) is 5.92 Å². The number of rotatable bonds is 9. The third-order valence-electron chi connectivity index (χ3n) is 4.32. The Balaban J connectivity index is 1.95. The lowest BCUT2D eigenvalue weighted by Gasteiger charge is -2.15. The van der Waals surface area contributed by atoms with E-state index in [2.05, 4.69) is 12.2 Å². The van der Waals surface area contributed by atoms with Gasteiger partial charge < -0.3 is 15.2 Å². The van der Waals surface area contributed by atoms with Gasteiger partial charge in [0.05, 0.1) is 19.4 Å². The number of hydrogen-bond donors (Lipinski definition) is 2. The van der Waals surface area contributed by atoms with Gasteiger partial charge in [0, 0.05) is 6.54 Å². The summed E-state index contributed by atoms with van der Waals surface area (Å²) in [4.78, 5) is 23.8. The molecule has 0 radical (unpaired) electrons. The molecule has 0 aliphatic rings. The number of para-hydroxylation sites is 1. The van der Waals surface area contributed by atoms with Crippen LogP contribution < -0.4 is 10.1 Å². The maximum absolute atomic E-state index is 12.2. The SMILES string of the molecule is CCc1cccc(CC(=O)NCC(Cc2ccccc2OC)C(=O)O)c1. The van der Waals surface area contributed by atoms with Gasteiger partial charge in [0.2, 0.25) is 5.91 Å². The van der Waals surface area contributed by atoms with E-state index >= 15 is 0 Å². The number of nitrogens with one attached hydrogen (secondary N) is 1. The zero-order valence-electron chi connectivity index (χ0n) is 15.2. The second kappa shape index (κ2) is 9.61. The van der Waals surface area contributed by atoms with Crippen LogP contribution in [0.25, 0.3) is 0 Å². The van der Waals surface area contributed by atoms with Gasteiger partial charge in [-0.1, -0.05) is 49.4 Å². The summed E-state index contributed by atoms with van der Waals surface area (Å²) < 4.78 is 5.27. The van der Waals surface area contributed by atoms with E-state index in [4.69, 9.17) is 4.74 Å². The number of carboxylic acids is 1. The van der Waals surface area contributed by atoms with Crippen LogP contribution in [0.4, 0.5) is 0 Å². The van der Waals surface area contributed by atoms with Gasteiger partial charge >= 0.3 is 5.97 Å². The number of aliphatic carboxylic acids is 1. The van der Waals surface area contributed by atoms with Gasteiger partial charge in [-0.15, -0.1) is 0 Å². The normalized spacial score (nSPS) is 11.6. The predicted octanol–water partition coefficient (Wildman–Crippen LogP) is 2.86. The van der Waals surface area contributed by atoms with Gasteiger partial charge in [-0.3, -0.25) is 9.59 Å². The molecule has 5 heteroatoms. The van der Waals surface area contributed by atoms with Gasteiger partial charge in [0.1, 0.15) is 5.75 Å². The van der Waals surface area contributed by atoms with E-state index in [0.717, 1.165) is 17.5 Å². The van der Waals surface area contributed by atoms with E-state index in [0.29, 0.717) is 12.2 Å². The second-order valence-corrected chi connectivity index (χ2v) is 6.21. The maximum atomic E-state index is 12.2.